The minimum Gasteiger partial charge on any atom is -0.497 e. The van der Waals surface area contributed by atoms with E-state index in [9.17, 15) is 4.79 Å². The summed E-state index contributed by atoms with van der Waals surface area (Å²) in [6, 6.07) is 8.23. The molecule has 1 aromatic heterocycles. The smallest absolute Gasteiger partial charge is 0.335 e. The van der Waals surface area contributed by atoms with Gasteiger partial charge >= 0.3 is 5.97 Å². The minimum absolute atomic E-state index is 0.188. The van der Waals surface area contributed by atoms with Gasteiger partial charge in [0.1, 0.15) is 5.75 Å². The summed E-state index contributed by atoms with van der Waals surface area (Å²) in [4.78, 5) is 16.1. The van der Waals surface area contributed by atoms with Gasteiger partial charge in [-0.25, -0.2) is 4.79 Å². The van der Waals surface area contributed by atoms with Gasteiger partial charge in [0.15, 0.2) is 0 Å². The largest absolute Gasteiger partial charge is 0.497 e. The SMILES string of the molecule is COc1cc(NC(C)CCCNC(C)=C2CCOC2=O)c2ncccc2c1. The molecule has 1 atom stereocenters. The predicted molar refractivity (Wildman–Crippen MR) is 107 cm³/mol. The minimum atomic E-state index is -0.188. The number of benzene rings is 1. The fourth-order valence-electron chi connectivity index (χ4n) is 3.30. The summed E-state index contributed by atoms with van der Waals surface area (Å²) < 4.78 is 10.4. The van der Waals surface area contributed by atoms with Crippen molar-refractivity contribution in [3.8, 4) is 5.75 Å². The summed E-state index contributed by atoms with van der Waals surface area (Å²) in [6.07, 6.45) is 4.49. The second-order valence-electron chi connectivity index (χ2n) is 6.85. The van der Waals surface area contributed by atoms with Crippen LogP contribution in [0.4, 0.5) is 5.69 Å². The summed E-state index contributed by atoms with van der Waals surface area (Å²) in [5.41, 5.74) is 3.64. The van der Waals surface area contributed by atoms with Crippen LogP contribution in [0.2, 0.25) is 0 Å². The normalized spacial score (nSPS) is 16.8. The molecular weight excluding hydrogens is 342 g/mol. The van der Waals surface area contributed by atoms with Crippen molar-refractivity contribution in [3.63, 3.8) is 0 Å². The molecule has 0 amide bonds. The van der Waals surface area contributed by atoms with Gasteiger partial charge in [-0.2, -0.15) is 0 Å². The summed E-state index contributed by atoms with van der Waals surface area (Å²) in [6.45, 7) is 5.42. The summed E-state index contributed by atoms with van der Waals surface area (Å²) in [7, 11) is 1.67. The van der Waals surface area contributed by atoms with Gasteiger partial charge in [-0.1, -0.05) is 6.07 Å². The van der Waals surface area contributed by atoms with E-state index in [1.807, 2.05) is 31.2 Å². The van der Waals surface area contributed by atoms with Crippen LogP contribution in [0.5, 0.6) is 5.75 Å². The first-order chi connectivity index (χ1) is 13.1. The zero-order chi connectivity index (χ0) is 19.2. The van der Waals surface area contributed by atoms with E-state index in [4.69, 9.17) is 9.47 Å². The average molecular weight is 369 g/mol. The number of pyridine rings is 1. The molecule has 2 heterocycles. The van der Waals surface area contributed by atoms with E-state index >= 15 is 0 Å². The topological polar surface area (TPSA) is 72.5 Å². The predicted octanol–water partition coefficient (Wildman–Crippen LogP) is 3.63. The average Bonchev–Trinajstić information content (AvgIpc) is 3.11. The Morgan fingerprint density at radius 1 is 1.41 bits per heavy atom. The van der Waals surface area contributed by atoms with Crippen LogP contribution in [0, 0.1) is 0 Å². The van der Waals surface area contributed by atoms with Crippen LogP contribution >= 0.6 is 0 Å². The second kappa shape index (κ2) is 8.75. The van der Waals surface area contributed by atoms with Crippen molar-refractivity contribution in [1.82, 2.24) is 10.3 Å². The Morgan fingerprint density at radius 3 is 3.00 bits per heavy atom. The highest BCUT2D eigenvalue weighted by Gasteiger charge is 2.21. The van der Waals surface area contributed by atoms with Crippen LogP contribution in [0.25, 0.3) is 10.9 Å². The monoisotopic (exact) mass is 369 g/mol. The number of rotatable bonds is 8. The van der Waals surface area contributed by atoms with Crippen LogP contribution in [0.15, 0.2) is 41.7 Å². The molecule has 0 radical (unpaired) electrons. The number of aromatic nitrogens is 1. The maximum atomic E-state index is 11.6. The fraction of sp³-hybridized carbons (Fsp3) is 0.429. The molecule has 3 rings (SSSR count). The van der Waals surface area contributed by atoms with Crippen molar-refractivity contribution in [2.45, 2.75) is 39.2 Å². The van der Waals surface area contributed by atoms with Crippen LogP contribution < -0.4 is 15.4 Å². The number of ether oxygens (including phenoxy) is 2. The number of hydrogen-bond donors (Lipinski definition) is 2. The first kappa shape index (κ1) is 19.0. The Morgan fingerprint density at radius 2 is 2.26 bits per heavy atom. The lowest BCUT2D eigenvalue weighted by atomic mass is 10.1. The van der Waals surface area contributed by atoms with Crippen molar-refractivity contribution in [3.05, 3.63) is 41.7 Å². The number of fused-ring (bicyclic) bond motifs is 1. The van der Waals surface area contributed by atoms with E-state index in [2.05, 4.69) is 22.5 Å². The number of anilines is 1. The Kier molecular flexibility index (Phi) is 6.16. The number of allylic oxidation sites excluding steroid dienone is 1. The number of carbonyl (C=O) groups excluding carboxylic acids is 1. The molecule has 0 bridgehead atoms. The number of nitrogens with zero attached hydrogens (tertiary/aromatic N) is 1. The third-order valence-electron chi connectivity index (χ3n) is 4.80. The van der Waals surface area contributed by atoms with E-state index in [-0.39, 0.29) is 12.0 Å². The number of cyclic esters (lactones) is 1. The van der Waals surface area contributed by atoms with Crippen molar-refractivity contribution < 1.29 is 14.3 Å². The van der Waals surface area contributed by atoms with Gasteiger partial charge < -0.3 is 20.1 Å². The Bertz CT molecular complexity index is 848. The third-order valence-corrected chi connectivity index (χ3v) is 4.80. The molecule has 2 aromatic rings. The molecule has 2 N–H and O–H groups in total. The highest BCUT2D eigenvalue weighted by Crippen LogP contribution is 2.28. The number of methoxy groups -OCH3 is 1. The number of carbonyl (C=O) groups is 1. The fourth-order valence-corrected chi connectivity index (χ4v) is 3.30. The molecule has 1 aromatic carbocycles. The van der Waals surface area contributed by atoms with Crippen molar-refractivity contribution in [2.24, 2.45) is 0 Å². The van der Waals surface area contributed by atoms with Gasteiger partial charge in [-0.05, 0) is 38.8 Å². The lowest BCUT2D eigenvalue weighted by Crippen LogP contribution is -2.20. The zero-order valence-electron chi connectivity index (χ0n) is 16.2. The number of hydrogen-bond acceptors (Lipinski definition) is 6. The molecule has 1 aliphatic heterocycles. The molecule has 0 aliphatic carbocycles. The first-order valence-corrected chi connectivity index (χ1v) is 9.38. The standard InChI is InChI=1S/C21H27N3O3/c1-14(6-4-9-22-15(2)18-8-11-27-21(18)25)24-19-13-17(26-3)12-16-7-5-10-23-20(16)19/h5,7,10,12-14,22,24H,4,6,8-9,11H2,1-3H3. The maximum Gasteiger partial charge on any atom is 0.335 e. The molecule has 1 fully saturated rings. The van der Waals surface area contributed by atoms with E-state index in [0.29, 0.717) is 13.0 Å². The molecule has 1 aliphatic rings. The van der Waals surface area contributed by atoms with Gasteiger partial charge in [-0.3, -0.25) is 4.98 Å². The lowest BCUT2D eigenvalue weighted by Gasteiger charge is -2.18. The van der Waals surface area contributed by atoms with E-state index in [1.165, 1.54) is 0 Å². The lowest BCUT2D eigenvalue weighted by molar-refractivity contribution is -0.135. The molecule has 0 spiro atoms. The van der Waals surface area contributed by atoms with Crippen LogP contribution in [0.3, 0.4) is 0 Å². The Hall–Kier alpha value is -2.76. The summed E-state index contributed by atoms with van der Waals surface area (Å²) in [5, 5.41) is 7.95. The van der Waals surface area contributed by atoms with Crippen LogP contribution in [-0.2, 0) is 9.53 Å². The highest BCUT2D eigenvalue weighted by molar-refractivity contribution is 5.92. The van der Waals surface area contributed by atoms with Crippen LogP contribution in [-0.4, -0.2) is 37.3 Å². The number of esters is 1. The van der Waals surface area contributed by atoms with Gasteiger partial charge in [0.2, 0.25) is 0 Å². The Balaban J connectivity index is 1.54. The zero-order valence-corrected chi connectivity index (χ0v) is 16.2. The van der Waals surface area contributed by atoms with Gasteiger partial charge in [-0.15, -0.1) is 0 Å². The quantitative estimate of drug-likeness (QED) is 0.421. The molecule has 1 saturated heterocycles. The second-order valence-corrected chi connectivity index (χ2v) is 6.85. The van der Waals surface area contributed by atoms with Gasteiger partial charge in [0.05, 0.1) is 30.5 Å². The van der Waals surface area contributed by atoms with E-state index < -0.39 is 0 Å². The highest BCUT2D eigenvalue weighted by atomic mass is 16.5. The summed E-state index contributed by atoms with van der Waals surface area (Å²) in [5.74, 6) is 0.630. The van der Waals surface area contributed by atoms with Gasteiger partial charge in [0, 0.05) is 42.4 Å². The third kappa shape index (κ3) is 4.70. The molecule has 6 nitrogen and oxygen atoms in total. The van der Waals surface area contributed by atoms with Crippen molar-refractivity contribution >= 4 is 22.6 Å². The Labute approximate surface area is 160 Å². The van der Waals surface area contributed by atoms with Crippen molar-refractivity contribution in [1.29, 1.82) is 0 Å². The maximum absolute atomic E-state index is 11.6. The van der Waals surface area contributed by atoms with E-state index in [1.54, 1.807) is 13.3 Å². The first-order valence-electron chi connectivity index (χ1n) is 9.38. The van der Waals surface area contributed by atoms with E-state index in [0.717, 1.165) is 53.0 Å². The molecular formula is C21H27N3O3. The molecule has 6 heteroatoms. The molecule has 0 saturated carbocycles. The van der Waals surface area contributed by atoms with Crippen LogP contribution in [0.1, 0.15) is 33.1 Å². The molecule has 1 unspecified atom stereocenters. The van der Waals surface area contributed by atoms with Gasteiger partial charge in [0.25, 0.3) is 0 Å². The molecule has 27 heavy (non-hydrogen) atoms. The number of nitrogens with one attached hydrogen (secondary N) is 2. The molecule has 144 valence electrons. The summed E-state index contributed by atoms with van der Waals surface area (Å²) >= 11 is 0. The van der Waals surface area contributed by atoms with Crippen molar-refractivity contribution in [2.75, 3.05) is 25.6 Å².